The Morgan fingerprint density at radius 1 is 1.36 bits per heavy atom. The van der Waals surface area contributed by atoms with E-state index in [-0.39, 0.29) is 25.2 Å². The molecule has 0 saturated carbocycles. The second-order valence-electron chi connectivity index (χ2n) is 7.82. The second kappa shape index (κ2) is 11.9. The van der Waals surface area contributed by atoms with Crippen LogP contribution in [0.2, 0.25) is 0 Å². The van der Waals surface area contributed by atoms with Gasteiger partial charge in [0.15, 0.2) is 12.0 Å². The molecule has 0 radical (unpaired) electrons. The van der Waals surface area contributed by atoms with Crippen molar-refractivity contribution < 1.29 is 38.4 Å². The first-order valence-corrected chi connectivity index (χ1v) is 12.8. The summed E-state index contributed by atoms with van der Waals surface area (Å²) >= 11 is 3.36. The van der Waals surface area contributed by atoms with Crippen molar-refractivity contribution in [3.8, 4) is 5.75 Å². The third kappa shape index (κ3) is 7.57. The maximum atomic E-state index is 12.2. The minimum Gasteiger partial charge on any atom is -0.373 e. The molecule has 1 saturated heterocycles. The molecule has 3 rings (SSSR count). The van der Waals surface area contributed by atoms with Gasteiger partial charge in [-0.25, -0.2) is 14.6 Å². The summed E-state index contributed by atoms with van der Waals surface area (Å²) in [6.07, 6.45) is 1.50. The lowest BCUT2D eigenvalue weighted by Gasteiger charge is -2.37. The van der Waals surface area contributed by atoms with Gasteiger partial charge < -0.3 is 15.2 Å². The SMILES string of the molecule is COOCC(C)N[P+](O)(OCC1C=CC(N2CC(C)C(O)NC2=O)O1)Oc1ccc(Br)cc1. The molecular formula is C20H30BrN3O8P+. The summed E-state index contributed by atoms with van der Waals surface area (Å²) in [5.41, 5.74) is 0. The van der Waals surface area contributed by atoms with Gasteiger partial charge in [-0.1, -0.05) is 28.9 Å². The van der Waals surface area contributed by atoms with Crippen molar-refractivity contribution in [2.75, 3.05) is 26.9 Å². The van der Waals surface area contributed by atoms with Crippen molar-refractivity contribution in [2.45, 2.75) is 38.4 Å². The van der Waals surface area contributed by atoms with Crippen LogP contribution in [0.5, 0.6) is 5.75 Å². The topological polar surface area (TPSA) is 131 Å². The van der Waals surface area contributed by atoms with E-state index in [1.54, 1.807) is 43.3 Å². The van der Waals surface area contributed by atoms with Gasteiger partial charge in [0.05, 0.1) is 13.2 Å². The van der Waals surface area contributed by atoms with Gasteiger partial charge in [0, 0.05) is 16.9 Å². The van der Waals surface area contributed by atoms with Crippen LogP contribution in [0.25, 0.3) is 0 Å². The second-order valence-corrected chi connectivity index (χ2v) is 10.5. The number of aliphatic hydroxyl groups is 1. The third-order valence-corrected chi connectivity index (χ3v) is 7.20. The number of nitrogens with zero attached hydrogens (tertiary/aromatic N) is 1. The molecule has 2 aliphatic rings. The summed E-state index contributed by atoms with van der Waals surface area (Å²) < 4.78 is 18.3. The smallest absolute Gasteiger partial charge is 0.373 e. The standard InChI is InChI=1S/C20H29BrN3O8P/c1-13-10-24(20(26)22-19(13)25)18-9-8-17(31-18)12-30-33(27,23-14(2)11-29-28-3)32-16-6-4-15(21)5-7-16/h4-9,13-14,17-19,23,25,27H,10-12H2,1-3H3/p+1. The van der Waals surface area contributed by atoms with Gasteiger partial charge in [-0.3, -0.25) is 9.42 Å². The molecule has 6 atom stereocenters. The number of aliphatic hydroxyl groups excluding tert-OH is 1. The molecule has 1 aromatic rings. The lowest BCUT2D eigenvalue weighted by atomic mass is 10.1. The van der Waals surface area contributed by atoms with Crippen LogP contribution in [0.4, 0.5) is 4.79 Å². The number of hydrogen-bond donors (Lipinski definition) is 4. The zero-order valence-electron chi connectivity index (χ0n) is 18.6. The molecule has 2 amide bonds. The minimum atomic E-state index is -3.58. The highest BCUT2D eigenvalue weighted by Crippen LogP contribution is 2.53. The maximum absolute atomic E-state index is 12.2. The zero-order chi connectivity index (χ0) is 24.0. The first kappa shape index (κ1) is 26.3. The van der Waals surface area contributed by atoms with Crippen LogP contribution in [-0.4, -0.2) is 72.4 Å². The molecule has 0 aromatic heterocycles. The summed E-state index contributed by atoms with van der Waals surface area (Å²) in [5.74, 6) is 0.269. The van der Waals surface area contributed by atoms with Gasteiger partial charge in [0.2, 0.25) is 0 Å². The van der Waals surface area contributed by atoms with Crippen LogP contribution in [0.1, 0.15) is 13.8 Å². The van der Waals surface area contributed by atoms with E-state index < -0.39 is 32.7 Å². The van der Waals surface area contributed by atoms with E-state index in [0.29, 0.717) is 12.3 Å². The molecule has 1 fully saturated rings. The fraction of sp³-hybridized carbons (Fsp3) is 0.550. The molecule has 33 heavy (non-hydrogen) atoms. The minimum absolute atomic E-state index is 0.0215. The van der Waals surface area contributed by atoms with Gasteiger partial charge in [-0.15, -0.1) is 5.09 Å². The fourth-order valence-corrected chi connectivity index (χ4v) is 5.05. The number of carbonyl (C=O) groups is 1. The van der Waals surface area contributed by atoms with Crippen molar-refractivity contribution in [1.29, 1.82) is 0 Å². The summed E-state index contributed by atoms with van der Waals surface area (Å²) in [5, 5.41) is 15.2. The Hall–Kier alpha value is -1.34. The Balaban J connectivity index is 1.60. The summed E-state index contributed by atoms with van der Waals surface area (Å²) in [7, 11) is -2.18. The Morgan fingerprint density at radius 3 is 2.79 bits per heavy atom. The van der Waals surface area contributed by atoms with Crippen molar-refractivity contribution >= 4 is 30.1 Å². The Kier molecular flexibility index (Phi) is 9.45. The Labute approximate surface area is 201 Å². The molecule has 184 valence electrons. The first-order chi connectivity index (χ1) is 15.7. The number of amides is 2. The van der Waals surface area contributed by atoms with E-state index in [1.165, 1.54) is 12.0 Å². The number of rotatable bonds is 11. The quantitative estimate of drug-likeness (QED) is 0.142. The van der Waals surface area contributed by atoms with Crippen molar-refractivity contribution in [3.63, 3.8) is 0 Å². The molecular weight excluding hydrogens is 521 g/mol. The third-order valence-electron chi connectivity index (χ3n) is 4.94. The highest BCUT2D eigenvalue weighted by atomic mass is 79.9. The van der Waals surface area contributed by atoms with E-state index in [9.17, 15) is 14.8 Å². The largest absolute Gasteiger partial charge is 0.544 e. The van der Waals surface area contributed by atoms with E-state index >= 15 is 0 Å². The zero-order valence-corrected chi connectivity index (χ0v) is 21.1. The number of carbonyl (C=O) groups excluding carboxylic acids is 1. The first-order valence-electron chi connectivity index (χ1n) is 10.4. The van der Waals surface area contributed by atoms with Gasteiger partial charge in [-0.05, 0) is 37.3 Å². The number of urea groups is 1. The predicted molar refractivity (Wildman–Crippen MR) is 124 cm³/mol. The molecule has 13 heteroatoms. The van der Waals surface area contributed by atoms with Crippen LogP contribution in [-0.2, 0) is 19.0 Å². The average molecular weight is 551 g/mol. The molecule has 0 bridgehead atoms. The van der Waals surface area contributed by atoms with Gasteiger partial charge in [-0.2, -0.15) is 9.42 Å². The van der Waals surface area contributed by atoms with E-state index in [1.807, 2.05) is 6.92 Å². The molecule has 11 nitrogen and oxygen atoms in total. The molecule has 1 aromatic carbocycles. The van der Waals surface area contributed by atoms with E-state index in [0.717, 1.165) is 4.47 Å². The average Bonchev–Trinajstić information content (AvgIpc) is 3.24. The van der Waals surface area contributed by atoms with Gasteiger partial charge >= 0.3 is 14.1 Å². The predicted octanol–water partition coefficient (Wildman–Crippen LogP) is 2.33. The van der Waals surface area contributed by atoms with Crippen LogP contribution in [0.15, 0.2) is 40.9 Å². The molecule has 2 heterocycles. The highest BCUT2D eigenvalue weighted by Gasteiger charge is 2.46. The molecule has 4 N–H and O–H groups in total. The lowest BCUT2D eigenvalue weighted by molar-refractivity contribution is -0.274. The summed E-state index contributed by atoms with van der Waals surface area (Å²) in [6.45, 7) is 4.09. The molecule has 6 unspecified atom stereocenters. The Bertz CT molecular complexity index is 819. The number of hydrogen-bond acceptors (Lipinski definition) is 9. The molecule has 2 aliphatic heterocycles. The fourth-order valence-electron chi connectivity index (χ4n) is 3.21. The number of nitrogens with one attached hydrogen (secondary N) is 2. The number of ether oxygens (including phenoxy) is 1. The Morgan fingerprint density at radius 2 is 2.09 bits per heavy atom. The molecule has 0 spiro atoms. The maximum Gasteiger partial charge on any atom is 0.544 e. The van der Waals surface area contributed by atoms with Gasteiger partial charge in [0.25, 0.3) is 0 Å². The summed E-state index contributed by atoms with van der Waals surface area (Å²) in [6, 6.07) is 6.20. The monoisotopic (exact) mass is 550 g/mol. The number of halogens is 1. The van der Waals surface area contributed by atoms with Crippen molar-refractivity contribution in [2.24, 2.45) is 5.92 Å². The van der Waals surface area contributed by atoms with Crippen LogP contribution in [0.3, 0.4) is 0 Å². The van der Waals surface area contributed by atoms with Crippen LogP contribution < -0.4 is 14.9 Å². The number of benzene rings is 1. The van der Waals surface area contributed by atoms with Crippen molar-refractivity contribution in [1.82, 2.24) is 15.3 Å². The van der Waals surface area contributed by atoms with Gasteiger partial charge in [0.1, 0.15) is 25.5 Å². The van der Waals surface area contributed by atoms with Crippen LogP contribution in [0, 0.1) is 5.92 Å². The normalized spacial score (nSPS) is 27.8. The van der Waals surface area contributed by atoms with Crippen molar-refractivity contribution in [3.05, 3.63) is 40.9 Å². The van der Waals surface area contributed by atoms with Crippen LogP contribution >= 0.6 is 24.0 Å². The summed E-state index contributed by atoms with van der Waals surface area (Å²) in [4.78, 5) is 34.4. The van der Waals surface area contributed by atoms with E-state index in [2.05, 4.69) is 31.2 Å². The molecule has 0 aliphatic carbocycles. The lowest BCUT2D eigenvalue weighted by Crippen LogP contribution is -2.58. The van der Waals surface area contributed by atoms with E-state index in [4.69, 9.17) is 18.7 Å². The highest BCUT2D eigenvalue weighted by molar-refractivity contribution is 9.10.